The summed E-state index contributed by atoms with van der Waals surface area (Å²) in [7, 11) is -2.60. The van der Waals surface area contributed by atoms with E-state index in [9.17, 15) is 13.2 Å². The van der Waals surface area contributed by atoms with Crippen molar-refractivity contribution in [1.29, 1.82) is 0 Å². The van der Waals surface area contributed by atoms with Gasteiger partial charge in [0.05, 0.1) is 12.1 Å². The first-order chi connectivity index (χ1) is 12.2. The highest BCUT2D eigenvalue weighted by Gasteiger charge is 2.48. The zero-order chi connectivity index (χ0) is 18.9. The van der Waals surface area contributed by atoms with Crippen molar-refractivity contribution in [1.82, 2.24) is 14.9 Å². The fourth-order valence-corrected chi connectivity index (χ4v) is 4.36. The Morgan fingerprint density at radius 1 is 1.31 bits per heavy atom. The van der Waals surface area contributed by atoms with Gasteiger partial charge < -0.3 is 15.5 Å². The Kier molecular flexibility index (Phi) is 5.70. The van der Waals surface area contributed by atoms with E-state index in [0.29, 0.717) is 37.7 Å². The standard InChI is InChI=1S/C15H27N5O5S/c1-18-8-5-11(6-9-18)4-7-17-14(16)13-3-2-12-10-19(13)15(21)20(12)25-26(22,23)24/h11-13H,2-10H2,1H3,(H2,16,17)(H,22,23,24)/t12-,13+/m1/s1. The lowest BCUT2D eigenvalue weighted by atomic mass is 9.94. The number of likely N-dealkylation sites (tertiary alicyclic amines) is 1. The van der Waals surface area contributed by atoms with Gasteiger partial charge in [-0.25, -0.2) is 4.79 Å². The highest BCUT2D eigenvalue weighted by atomic mass is 32.3. The largest absolute Gasteiger partial charge is 0.418 e. The second-order valence-corrected chi connectivity index (χ2v) is 8.36. The van der Waals surface area contributed by atoms with E-state index in [4.69, 9.17) is 10.3 Å². The normalized spacial score (nSPS) is 28.8. The number of carbonyl (C=O) groups excluding carboxylic acids is 1. The average molecular weight is 389 g/mol. The molecule has 0 aromatic heterocycles. The van der Waals surface area contributed by atoms with Crippen LogP contribution in [0.5, 0.6) is 0 Å². The SMILES string of the molecule is CN1CCC(CCN=C(N)[C@@H]2CC[C@@H]3CN2C(=O)N3OS(=O)(=O)O)CC1. The highest BCUT2D eigenvalue weighted by molar-refractivity contribution is 7.80. The van der Waals surface area contributed by atoms with Crippen molar-refractivity contribution in [2.45, 2.75) is 44.2 Å². The van der Waals surface area contributed by atoms with Crippen molar-refractivity contribution in [2.75, 3.05) is 33.2 Å². The van der Waals surface area contributed by atoms with Crippen molar-refractivity contribution in [3.63, 3.8) is 0 Å². The van der Waals surface area contributed by atoms with Crippen LogP contribution in [0.4, 0.5) is 4.79 Å². The number of piperidine rings is 2. The van der Waals surface area contributed by atoms with Crippen LogP contribution in [-0.4, -0.2) is 85.0 Å². The molecule has 2 amide bonds. The first-order valence-electron chi connectivity index (χ1n) is 9.00. The van der Waals surface area contributed by atoms with E-state index in [1.807, 2.05) is 0 Å². The van der Waals surface area contributed by atoms with E-state index in [-0.39, 0.29) is 6.04 Å². The fraction of sp³-hybridized carbons (Fsp3) is 0.867. The Morgan fingerprint density at radius 3 is 2.65 bits per heavy atom. The van der Waals surface area contributed by atoms with Gasteiger partial charge in [0.1, 0.15) is 5.84 Å². The van der Waals surface area contributed by atoms with Gasteiger partial charge in [0.2, 0.25) is 0 Å². The van der Waals surface area contributed by atoms with Gasteiger partial charge in [0.25, 0.3) is 0 Å². The van der Waals surface area contributed by atoms with Gasteiger partial charge in [0.15, 0.2) is 0 Å². The molecule has 0 aromatic rings. The van der Waals surface area contributed by atoms with Gasteiger partial charge in [-0.3, -0.25) is 9.55 Å². The van der Waals surface area contributed by atoms with Gasteiger partial charge >= 0.3 is 16.4 Å². The van der Waals surface area contributed by atoms with E-state index in [1.54, 1.807) is 0 Å². The number of aliphatic imine (C=N–C) groups is 1. The summed E-state index contributed by atoms with van der Waals surface area (Å²) in [6, 6.07) is -1.37. The van der Waals surface area contributed by atoms with Crippen molar-refractivity contribution >= 4 is 22.3 Å². The van der Waals surface area contributed by atoms with Crippen molar-refractivity contribution in [2.24, 2.45) is 16.6 Å². The van der Waals surface area contributed by atoms with Gasteiger partial charge in [-0.2, -0.15) is 13.5 Å². The van der Waals surface area contributed by atoms with Crippen LogP contribution in [0.2, 0.25) is 0 Å². The average Bonchev–Trinajstić information content (AvgIpc) is 2.80. The number of urea groups is 1. The Morgan fingerprint density at radius 2 is 2.00 bits per heavy atom. The predicted molar refractivity (Wildman–Crippen MR) is 94.7 cm³/mol. The molecule has 3 saturated heterocycles. The van der Waals surface area contributed by atoms with Crippen LogP contribution in [0.3, 0.4) is 0 Å². The lowest BCUT2D eigenvalue weighted by Crippen LogP contribution is -2.48. The third-order valence-electron chi connectivity index (χ3n) is 5.51. The summed E-state index contributed by atoms with van der Waals surface area (Å²) in [6.45, 7) is 3.16. The van der Waals surface area contributed by atoms with Crippen LogP contribution in [0, 0.1) is 5.92 Å². The van der Waals surface area contributed by atoms with Crippen LogP contribution < -0.4 is 5.73 Å². The van der Waals surface area contributed by atoms with Gasteiger partial charge in [0, 0.05) is 13.1 Å². The molecule has 11 heteroatoms. The summed E-state index contributed by atoms with van der Waals surface area (Å²) in [4.78, 5) is 20.6. The summed E-state index contributed by atoms with van der Waals surface area (Å²) >= 11 is 0. The number of hydrogen-bond donors (Lipinski definition) is 2. The van der Waals surface area contributed by atoms with Crippen LogP contribution in [-0.2, 0) is 14.7 Å². The number of hydroxylamine groups is 2. The van der Waals surface area contributed by atoms with Gasteiger partial charge in [-0.1, -0.05) is 0 Å². The van der Waals surface area contributed by atoms with Gasteiger partial charge in [-0.15, -0.1) is 4.28 Å². The third-order valence-corrected chi connectivity index (χ3v) is 5.86. The Hall–Kier alpha value is -1.43. The molecule has 0 spiro atoms. The molecule has 0 radical (unpaired) electrons. The molecule has 148 valence electrons. The molecule has 3 fully saturated rings. The smallest absolute Gasteiger partial charge is 0.386 e. The molecule has 3 aliphatic rings. The second-order valence-electron chi connectivity index (χ2n) is 7.35. The number of carbonyl (C=O) groups is 1. The molecule has 3 aliphatic heterocycles. The van der Waals surface area contributed by atoms with E-state index >= 15 is 0 Å². The quantitative estimate of drug-likeness (QED) is 0.374. The monoisotopic (exact) mass is 389 g/mol. The molecular weight excluding hydrogens is 362 g/mol. The highest BCUT2D eigenvalue weighted by Crippen LogP contribution is 2.30. The van der Waals surface area contributed by atoms with Crippen LogP contribution in [0.15, 0.2) is 4.99 Å². The molecule has 2 atom stereocenters. The molecule has 3 N–H and O–H groups in total. The predicted octanol–water partition coefficient (Wildman–Crippen LogP) is 0.0785. The summed E-state index contributed by atoms with van der Waals surface area (Å²) in [5, 5.41) is 0.723. The molecule has 10 nitrogen and oxygen atoms in total. The van der Waals surface area contributed by atoms with Crippen LogP contribution in [0.25, 0.3) is 0 Å². The van der Waals surface area contributed by atoms with E-state index in [0.717, 1.165) is 24.6 Å². The van der Waals surface area contributed by atoms with Gasteiger partial charge in [-0.05, 0) is 58.2 Å². The number of nitrogens with two attached hydrogens (primary N) is 1. The minimum atomic E-state index is -4.73. The molecule has 0 unspecified atom stereocenters. The second kappa shape index (κ2) is 7.67. The molecule has 0 aliphatic carbocycles. The molecule has 0 aromatic carbocycles. The fourth-order valence-electron chi connectivity index (χ4n) is 3.97. The first-order valence-corrected chi connectivity index (χ1v) is 10.4. The Balaban J connectivity index is 1.55. The number of nitrogens with zero attached hydrogens (tertiary/aromatic N) is 4. The number of rotatable bonds is 6. The number of fused-ring (bicyclic) bond motifs is 2. The molecule has 26 heavy (non-hydrogen) atoms. The lowest BCUT2D eigenvalue weighted by molar-refractivity contribution is -0.0316. The summed E-state index contributed by atoms with van der Waals surface area (Å²) in [6.07, 6.45) is 4.45. The topological polar surface area (TPSA) is 129 Å². The van der Waals surface area contributed by atoms with Crippen molar-refractivity contribution in [3.05, 3.63) is 0 Å². The lowest BCUT2D eigenvalue weighted by Gasteiger charge is -2.30. The maximum Gasteiger partial charge on any atom is 0.418 e. The number of hydrogen-bond acceptors (Lipinski definition) is 6. The number of amidine groups is 1. The minimum Gasteiger partial charge on any atom is -0.386 e. The molecule has 3 rings (SSSR count). The van der Waals surface area contributed by atoms with E-state index < -0.39 is 22.5 Å². The van der Waals surface area contributed by atoms with Crippen LogP contribution in [0.1, 0.15) is 32.1 Å². The summed E-state index contributed by atoms with van der Waals surface area (Å²) in [5.41, 5.74) is 6.13. The van der Waals surface area contributed by atoms with Crippen molar-refractivity contribution < 1.29 is 22.0 Å². The Bertz CT molecular complexity index is 661. The molecule has 0 saturated carbocycles. The minimum absolute atomic E-state index is 0.310. The third kappa shape index (κ3) is 4.45. The zero-order valence-electron chi connectivity index (χ0n) is 15.0. The van der Waals surface area contributed by atoms with E-state index in [1.165, 1.54) is 17.7 Å². The maximum absolute atomic E-state index is 12.4. The van der Waals surface area contributed by atoms with Crippen LogP contribution >= 0.6 is 0 Å². The molecule has 2 bridgehead atoms. The summed E-state index contributed by atoms with van der Waals surface area (Å²) in [5.74, 6) is 1.06. The maximum atomic E-state index is 12.4. The number of amides is 2. The Labute approximate surface area is 153 Å². The molecular formula is C15H27N5O5S. The zero-order valence-corrected chi connectivity index (χ0v) is 15.8. The summed E-state index contributed by atoms with van der Waals surface area (Å²) < 4.78 is 35.1. The van der Waals surface area contributed by atoms with E-state index in [2.05, 4.69) is 21.2 Å². The molecule has 3 heterocycles. The first kappa shape index (κ1) is 19.3. The van der Waals surface area contributed by atoms with Crippen molar-refractivity contribution in [3.8, 4) is 0 Å².